The van der Waals surface area contributed by atoms with Crippen LogP contribution in [0.5, 0.6) is 0 Å². The summed E-state index contributed by atoms with van der Waals surface area (Å²) in [5, 5.41) is 81.5. The monoisotopic (exact) mass is 2040 g/mol. The fourth-order valence-electron chi connectivity index (χ4n) is 12.5. The molecule has 0 aliphatic carbocycles. The predicted molar refractivity (Wildman–Crippen MR) is 445 cm³/mol. The number of amides is 4. The summed E-state index contributed by atoms with van der Waals surface area (Å²) in [7, 11) is -11.3. The van der Waals surface area contributed by atoms with Crippen LogP contribution >= 0.6 is 46.9 Å². The molecule has 2 fully saturated rings. The standard InChI is InChI=1S/C29H51N8O17P3.C28H49N8O17P3.C7H15NO3.C7H15NO2/c1-17(12-37(4,5)6)11-18(38)7-9-31-20(39)8-10-32-27(42)24(41)29(2,3)14-51-57(48,49)54-56(46,47)50-13-19-23(53-55(43,44)45)22(40)28(52-19)36-16-35-21-25(30)33-15-34-26(21)36;1-28(2,23(40)26(41)31-11-9-19(38)30-10-8-17(37)7-6-12-36(3,4)5)14-50-56(47,48)53-55(45,46)49-13-18-22(52-54(42,43)44)21(39)27(51-18)35-16-34-20-24(29)32-15-33-25(20)35;1-8(2,3)5-6(9)4-7(10)11;1-8(2,3)6-4-5-7(9)10/h15-17,19,22-24,28,40-41H,7-14H2,1-6H3,(H7-,30,31,32,33,34,39,42,43,44,45,46,47,48,49);15-16,18,21-23,27,39-40H,6-14H2,1-5H3,(H7-,29,30,31,32,33,38,41,42,43,44,45,46,47,48);6,9H,4-5H2,1-3H3;4-6H2,1-3H3/p-6/t;;6-;/m..0./s1. The van der Waals surface area contributed by atoms with Crippen molar-refractivity contribution in [2.75, 3.05) is 175 Å². The number of aromatic nitrogens is 8. The Balaban J connectivity index is 0.000000566. The summed E-state index contributed by atoms with van der Waals surface area (Å²) in [6.07, 6.45) is -13.7. The van der Waals surface area contributed by atoms with Crippen LogP contribution in [0.25, 0.3) is 22.3 Å². The molecule has 15 unspecified atom stereocenters. The summed E-state index contributed by atoms with van der Waals surface area (Å²) < 4.78 is 124. The van der Waals surface area contributed by atoms with Crippen molar-refractivity contribution in [3.05, 3.63) is 25.3 Å². The van der Waals surface area contributed by atoms with E-state index < -0.39 is 187 Å². The number of carboxylic acids is 2. The van der Waals surface area contributed by atoms with E-state index in [1.54, 1.807) is 0 Å². The van der Waals surface area contributed by atoms with Gasteiger partial charge in [0.15, 0.2) is 35.4 Å². The number of fused-ring (bicyclic) bond motifs is 2. The van der Waals surface area contributed by atoms with Crippen molar-refractivity contribution in [3.63, 3.8) is 0 Å². The van der Waals surface area contributed by atoms with Crippen LogP contribution in [0.3, 0.4) is 0 Å². The number of ether oxygens (including phenoxy) is 2. The Bertz CT molecular complexity index is 4840. The maximum absolute atomic E-state index is 12.6. The van der Waals surface area contributed by atoms with Crippen molar-refractivity contribution in [1.82, 2.24) is 60.3 Å². The van der Waals surface area contributed by atoms with Crippen LogP contribution in [-0.2, 0) is 111 Å². The lowest BCUT2D eigenvalue weighted by atomic mass is 9.87. The molecule has 0 saturated carbocycles. The highest BCUT2D eigenvalue weighted by atomic mass is 31.3. The number of phosphoric acid groups is 6. The smallest absolute Gasteiger partial charge is 0.274 e. The van der Waals surface area contributed by atoms with Gasteiger partial charge in [-0.3, -0.25) is 56.2 Å². The third kappa shape index (κ3) is 46.7. The fourth-order valence-corrected chi connectivity index (χ4v) is 17.9. The van der Waals surface area contributed by atoms with Gasteiger partial charge in [0.05, 0.1) is 159 Å². The van der Waals surface area contributed by atoms with E-state index in [4.69, 9.17) is 26.0 Å². The molecule has 63 heteroatoms. The van der Waals surface area contributed by atoms with Crippen LogP contribution in [0.15, 0.2) is 25.3 Å². The largest absolute Gasteiger partial charge is 0.790 e. The van der Waals surface area contributed by atoms with Gasteiger partial charge in [0.1, 0.15) is 96.7 Å². The molecule has 2 aliphatic heterocycles. The number of anilines is 2. The Labute approximate surface area is 772 Å². The number of nitrogens with zero attached hydrogens (tertiary/aromatic N) is 12. The first-order valence-electron chi connectivity index (χ1n) is 41.0. The highest BCUT2D eigenvalue weighted by Crippen LogP contribution is 2.58. The Morgan fingerprint density at radius 1 is 0.478 bits per heavy atom. The number of ketones is 2. The first-order chi connectivity index (χ1) is 61.0. The molecule has 4 aromatic rings. The Morgan fingerprint density at radius 3 is 1.17 bits per heavy atom. The molecular formula is C71H124N18O39P6-6. The van der Waals surface area contributed by atoms with Gasteiger partial charge >= 0.3 is 0 Å². The number of aliphatic hydroxyl groups excluding tert-OH is 5. The van der Waals surface area contributed by atoms with Gasteiger partial charge in [-0.2, -0.15) is 0 Å². The molecule has 768 valence electrons. The van der Waals surface area contributed by atoms with Crippen molar-refractivity contribution in [2.45, 2.75) is 166 Å². The molecule has 2 aliphatic rings. The number of Topliss-reactive ketones (excluding diaryl/α,β-unsaturated/α-hetero) is 2. The SMILES string of the molecule is CC(C)(COP(=O)([O-])OP(=O)([O-])OCC1OC(n2cnc3c(N)ncnc32)C(O)C1OP(=O)([O-])[O-])C(O)C(=O)NCCC(=O)NCCC(=O)CCC[N+](C)(C)C.CC(CC(=O)CCNC(=O)CCNC(=O)C(O)C(C)(C)COP(=O)([O-])OP(=O)([O-])OCC1OC(n2cnc3c(N)ncnc32)C(O)C1OP(=O)([O-])[O-])C[N+](C)(C)C.C[N+](C)(C)CCCC(=O)[O-].C[N+](C)(C)C[C@@H](O)CC(=O)[O-]. The summed E-state index contributed by atoms with van der Waals surface area (Å²) in [4.78, 5) is 212. The number of phosphoric ester groups is 6. The number of aliphatic hydroxyl groups is 5. The van der Waals surface area contributed by atoms with Gasteiger partial charge in [-0.15, -0.1) is 0 Å². The Morgan fingerprint density at radius 2 is 0.828 bits per heavy atom. The van der Waals surface area contributed by atoms with Gasteiger partial charge in [-0.1, -0.05) is 34.6 Å². The summed E-state index contributed by atoms with van der Waals surface area (Å²) in [5.74, 6) is -5.15. The van der Waals surface area contributed by atoms with E-state index in [9.17, 15) is 136 Å². The second-order valence-electron chi connectivity index (χ2n) is 36.6. The second kappa shape index (κ2) is 51.9. The van der Waals surface area contributed by atoms with E-state index in [-0.39, 0.29) is 116 Å². The molecule has 6 rings (SSSR count). The minimum Gasteiger partial charge on any atom is -0.790 e. The Kier molecular flexibility index (Phi) is 47.0. The number of nitrogen functional groups attached to an aromatic ring is 2. The van der Waals surface area contributed by atoms with Crippen LogP contribution < -0.4 is 82.1 Å². The third-order valence-electron chi connectivity index (χ3n) is 18.6. The van der Waals surface area contributed by atoms with Gasteiger partial charge in [-0.05, 0) is 6.42 Å². The van der Waals surface area contributed by atoms with Crippen LogP contribution in [0.1, 0.15) is 111 Å². The average Bonchev–Trinajstić information content (AvgIpc) is 1.62. The molecule has 4 amide bonds. The molecule has 0 radical (unpaired) electrons. The zero-order chi connectivity index (χ0) is 103. The number of hydrogen-bond acceptors (Lipinski definition) is 47. The molecule has 134 heavy (non-hydrogen) atoms. The quantitative estimate of drug-likeness (QED) is 0.0144. The van der Waals surface area contributed by atoms with E-state index in [2.05, 4.69) is 86.9 Å². The first kappa shape index (κ1) is 121. The summed E-state index contributed by atoms with van der Waals surface area (Å²) in [5.41, 5.74) is 8.13. The van der Waals surface area contributed by atoms with Crippen LogP contribution in [0.2, 0.25) is 0 Å². The number of imidazole rings is 2. The number of carbonyl (C=O) groups is 8. The normalized spacial score (nSPS) is 20.8. The first-order valence-corrected chi connectivity index (χ1v) is 49.8. The molecular weight excluding hydrogens is 1910 g/mol. The number of nitrogens with one attached hydrogen (secondary N) is 4. The molecule has 16 atom stereocenters. The third-order valence-corrected chi connectivity index (χ3v) is 24.7. The molecule has 4 aromatic heterocycles. The molecule has 2 saturated heterocycles. The zero-order valence-corrected chi connectivity index (χ0v) is 82.5. The summed E-state index contributed by atoms with van der Waals surface area (Å²) >= 11 is 0. The number of nitrogens with two attached hydrogens (primary N) is 2. The van der Waals surface area contributed by atoms with E-state index in [1.807, 2.05) is 91.5 Å². The molecule has 0 spiro atoms. The van der Waals surface area contributed by atoms with Gasteiger partial charge in [0, 0.05) is 113 Å². The number of quaternary nitrogens is 4. The highest BCUT2D eigenvalue weighted by molar-refractivity contribution is 7.60. The van der Waals surface area contributed by atoms with Crippen molar-refractivity contribution >= 4 is 128 Å². The maximum atomic E-state index is 12.6. The van der Waals surface area contributed by atoms with Crippen LogP contribution in [0, 0.1) is 16.7 Å². The lowest BCUT2D eigenvalue weighted by Crippen LogP contribution is -2.46. The molecule has 0 aromatic carbocycles. The van der Waals surface area contributed by atoms with Crippen LogP contribution in [0.4, 0.5) is 11.6 Å². The van der Waals surface area contributed by atoms with Crippen molar-refractivity contribution in [2.24, 2.45) is 16.7 Å². The number of likely N-dealkylation sites (N-methyl/N-ethyl adjacent to an activating group) is 1. The molecule has 13 N–H and O–H groups in total. The van der Waals surface area contributed by atoms with Gasteiger partial charge in [0.25, 0.3) is 31.3 Å². The predicted octanol–water partition coefficient (Wildman–Crippen LogP) is -9.69. The van der Waals surface area contributed by atoms with E-state index in [0.717, 1.165) is 63.0 Å². The fraction of sp³-hybridized carbons (Fsp3) is 0.746. The number of carboxylic acid groups (broad SMARTS) is 2. The van der Waals surface area contributed by atoms with Crippen LogP contribution in [-0.4, -0.2) is 348 Å². The summed E-state index contributed by atoms with van der Waals surface area (Å²) in [6.45, 7) is 4.91. The molecule has 0 bridgehead atoms. The lowest BCUT2D eigenvalue weighted by Gasteiger charge is -2.36. The van der Waals surface area contributed by atoms with Gasteiger partial charge in [-0.25, -0.2) is 38.5 Å². The number of aliphatic carboxylic acids is 2. The van der Waals surface area contributed by atoms with Crippen molar-refractivity contribution in [3.8, 4) is 0 Å². The van der Waals surface area contributed by atoms with Crippen molar-refractivity contribution in [1.29, 1.82) is 0 Å². The Hall–Kier alpha value is -6.84. The number of rotatable bonds is 54. The van der Waals surface area contributed by atoms with E-state index >= 15 is 0 Å². The van der Waals surface area contributed by atoms with Gasteiger partial charge < -0.3 is 181 Å². The maximum Gasteiger partial charge on any atom is 0.274 e. The number of carbonyl (C=O) groups excluding carboxylic acids is 8. The lowest BCUT2D eigenvalue weighted by molar-refractivity contribution is -0.873. The zero-order valence-electron chi connectivity index (χ0n) is 77.1. The van der Waals surface area contributed by atoms with E-state index in [1.165, 1.54) is 27.7 Å². The van der Waals surface area contributed by atoms with Gasteiger partial charge in [0.2, 0.25) is 23.6 Å². The summed E-state index contributed by atoms with van der Waals surface area (Å²) in [6, 6.07) is 0. The number of hydrogen-bond donors (Lipinski definition) is 11. The molecule has 57 nitrogen and oxygen atoms in total. The average molecular weight is 2040 g/mol. The topological polar surface area (TPSA) is 850 Å². The van der Waals surface area contributed by atoms with Crippen molar-refractivity contribution < 1.29 is 204 Å². The van der Waals surface area contributed by atoms with E-state index in [0.29, 0.717) is 41.2 Å². The minimum absolute atomic E-state index is 0.00424. The minimum atomic E-state index is -5.92. The highest BCUT2D eigenvalue weighted by Gasteiger charge is 2.50. The second-order valence-corrected chi connectivity index (χ2v) is 44.8. The molecule has 6 heterocycles.